The number of rotatable bonds is 6. The molecule has 0 saturated carbocycles. The molecule has 1 aliphatic heterocycles. The van der Waals surface area contributed by atoms with E-state index < -0.39 is 0 Å². The maximum Gasteiger partial charge on any atom is 0.218 e. The van der Waals surface area contributed by atoms with Crippen LogP contribution in [0.3, 0.4) is 0 Å². The van der Waals surface area contributed by atoms with E-state index in [9.17, 15) is 0 Å². The number of methoxy groups -OCH3 is 1. The molecule has 3 rings (SSSR count). The molecule has 8 heteroatoms. The average Bonchev–Trinajstić information content (AvgIpc) is 3.15. The lowest BCUT2D eigenvalue weighted by atomic mass is 10.2. The monoisotopic (exact) mass is 388 g/mol. The van der Waals surface area contributed by atoms with Crippen molar-refractivity contribution in [2.45, 2.75) is 25.9 Å². The van der Waals surface area contributed by atoms with Crippen molar-refractivity contribution in [3.63, 3.8) is 0 Å². The van der Waals surface area contributed by atoms with Crippen LogP contribution in [0, 0.1) is 0 Å². The van der Waals surface area contributed by atoms with Gasteiger partial charge in [-0.25, -0.2) is 15.0 Å². The summed E-state index contributed by atoms with van der Waals surface area (Å²) >= 11 is 6.28. The molecular weight excluding hydrogens is 364 g/mol. The molecule has 1 atom stereocenters. The lowest BCUT2D eigenvalue weighted by Crippen LogP contribution is -2.44. The van der Waals surface area contributed by atoms with Crippen molar-refractivity contribution in [1.82, 2.24) is 20.6 Å². The summed E-state index contributed by atoms with van der Waals surface area (Å²) in [5.74, 6) is 2.22. The third-order valence-corrected chi connectivity index (χ3v) is 4.66. The highest BCUT2D eigenvalue weighted by molar-refractivity contribution is 6.32. The number of nitrogens with one attached hydrogen (secondary N) is 2. The summed E-state index contributed by atoms with van der Waals surface area (Å²) in [5.41, 5.74) is 0.950. The van der Waals surface area contributed by atoms with Gasteiger partial charge in [-0.2, -0.15) is 0 Å². The summed E-state index contributed by atoms with van der Waals surface area (Å²) in [6.07, 6.45) is 4.48. The number of pyridine rings is 2. The van der Waals surface area contributed by atoms with Gasteiger partial charge in [-0.1, -0.05) is 17.7 Å². The Labute approximate surface area is 164 Å². The standard InChI is InChI=1S/C19H25ClN6O/c1-3-21-19(24-12-14-6-4-10-23-18(14)27-2)25-15-8-11-26(13-15)17-16(20)7-5-9-22-17/h4-7,9-10,15H,3,8,11-13H2,1-2H3,(H2,21,24,25). The summed E-state index contributed by atoms with van der Waals surface area (Å²) in [7, 11) is 1.62. The predicted octanol–water partition coefficient (Wildman–Crippen LogP) is 2.47. The van der Waals surface area contributed by atoms with Gasteiger partial charge in [-0.05, 0) is 31.5 Å². The van der Waals surface area contributed by atoms with Gasteiger partial charge in [0, 0.05) is 43.6 Å². The molecule has 2 aromatic rings. The molecule has 1 fully saturated rings. The number of aromatic nitrogens is 2. The number of ether oxygens (including phenoxy) is 1. The molecule has 1 unspecified atom stereocenters. The molecule has 1 saturated heterocycles. The summed E-state index contributed by atoms with van der Waals surface area (Å²) in [4.78, 5) is 15.5. The van der Waals surface area contributed by atoms with E-state index in [0.717, 1.165) is 43.4 Å². The van der Waals surface area contributed by atoms with E-state index in [1.807, 2.05) is 24.3 Å². The fourth-order valence-electron chi connectivity index (χ4n) is 3.09. The Morgan fingerprint density at radius 1 is 1.33 bits per heavy atom. The van der Waals surface area contributed by atoms with Crippen LogP contribution >= 0.6 is 11.6 Å². The second-order valence-corrected chi connectivity index (χ2v) is 6.66. The molecule has 0 bridgehead atoms. The Bertz CT molecular complexity index is 784. The number of hydrogen-bond donors (Lipinski definition) is 2. The van der Waals surface area contributed by atoms with Gasteiger partial charge in [0.25, 0.3) is 0 Å². The van der Waals surface area contributed by atoms with E-state index in [1.165, 1.54) is 0 Å². The number of hydrogen-bond acceptors (Lipinski definition) is 5. The average molecular weight is 389 g/mol. The van der Waals surface area contributed by atoms with Gasteiger partial charge >= 0.3 is 0 Å². The first-order chi connectivity index (χ1) is 13.2. The van der Waals surface area contributed by atoms with E-state index in [1.54, 1.807) is 19.5 Å². The first-order valence-electron chi connectivity index (χ1n) is 9.09. The van der Waals surface area contributed by atoms with Gasteiger partial charge in [0.15, 0.2) is 5.96 Å². The Morgan fingerprint density at radius 2 is 2.15 bits per heavy atom. The van der Waals surface area contributed by atoms with Crippen LogP contribution in [0.2, 0.25) is 5.02 Å². The van der Waals surface area contributed by atoms with E-state index in [-0.39, 0.29) is 6.04 Å². The normalized spacial score (nSPS) is 17.1. The van der Waals surface area contributed by atoms with Gasteiger partial charge < -0.3 is 20.3 Å². The van der Waals surface area contributed by atoms with Crippen LogP contribution in [0.5, 0.6) is 5.88 Å². The summed E-state index contributed by atoms with van der Waals surface area (Å²) in [6.45, 7) is 5.07. The molecule has 27 heavy (non-hydrogen) atoms. The van der Waals surface area contributed by atoms with Crippen LogP contribution in [0.1, 0.15) is 18.9 Å². The van der Waals surface area contributed by atoms with Crippen molar-refractivity contribution < 1.29 is 4.74 Å². The van der Waals surface area contributed by atoms with Gasteiger partial charge in [0.1, 0.15) is 5.82 Å². The molecule has 2 aromatic heterocycles. The molecule has 1 aliphatic rings. The van der Waals surface area contributed by atoms with Crippen molar-refractivity contribution in [3.8, 4) is 5.88 Å². The molecule has 0 spiro atoms. The fraction of sp³-hybridized carbons (Fsp3) is 0.421. The van der Waals surface area contributed by atoms with Gasteiger partial charge in [-0.15, -0.1) is 0 Å². The summed E-state index contributed by atoms with van der Waals surface area (Å²) in [5, 5.41) is 7.49. The van der Waals surface area contributed by atoms with Crippen molar-refractivity contribution in [3.05, 3.63) is 47.2 Å². The number of guanidine groups is 1. The van der Waals surface area contributed by atoms with E-state index in [0.29, 0.717) is 17.4 Å². The third-order valence-electron chi connectivity index (χ3n) is 4.36. The maximum absolute atomic E-state index is 6.28. The molecule has 3 heterocycles. The highest BCUT2D eigenvalue weighted by atomic mass is 35.5. The minimum absolute atomic E-state index is 0.275. The third kappa shape index (κ3) is 5.01. The minimum Gasteiger partial charge on any atom is -0.481 e. The smallest absolute Gasteiger partial charge is 0.218 e. The molecule has 0 radical (unpaired) electrons. The molecule has 144 valence electrons. The number of nitrogens with zero attached hydrogens (tertiary/aromatic N) is 4. The number of anilines is 1. The SMILES string of the molecule is CCNC(=NCc1cccnc1OC)NC1CCN(c2ncccc2Cl)C1. The molecule has 2 N–H and O–H groups in total. The molecule has 0 aliphatic carbocycles. The zero-order valence-corrected chi connectivity index (χ0v) is 16.4. The molecule has 0 aromatic carbocycles. The minimum atomic E-state index is 0.275. The first-order valence-corrected chi connectivity index (χ1v) is 9.47. The van der Waals surface area contributed by atoms with Gasteiger partial charge in [-0.3, -0.25) is 0 Å². The molecular formula is C19H25ClN6O. The second kappa shape index (κ2) is 9.41. The van der Waals surface area contributed by atoms with E-state index >= 15 is 0 Å². The largest absolute Gasteiger partial charge is 0.481 e. The fourth-order valence-corrected chi connectivity index (χ4v) is 3.33. The van der Waals surface area contributed by atoms with E-state index in [2.05, 4.69) is 37.4 Å². The van der Waals surface area contributed by atoms with Crippen LogP contribution in [0.15, 0.2) is 41.7 Å². The zero-order valence-electron chi connectivity index (χ0n) is 15.7. The maximum atomic E-state index is 6.28. The van der Waals surface area contributed by atoms with Crippen LogP contribution in [0.25, 0.3) is 0 Å². The predicted molar refractivity (Wildman–Crippen MR) is 109 cm³/mol. The Morgan fingerprint density at radius 3 is 2.93 bits per heavy atom. The lowest BCUT2D eigenvalue weighted by molar-refractivity contribution is 0.392. The first kappa shape index (κ1) is 19.2. The van der Waals surface area contributed by atoms with Crippen molar-refractivity contribution in [2.24, 2.45) is 4.99 Å². The van der Waals surface area contributed by atoms with Gasteiger partial charge in [0.2, 0.25) is 5.88 Å². The number of aliphatic imine (C=N–C) groups is 1. The topological polar surface area (TPSA) is 74.7 Å². The van der Waals surface area contributed by atoms with Crippen LogP contribution in [0.4, 0.5) is 5.82 Å². The van der Waals surface area contributed by atoms with Crippen molar-refractivity contribution in [1.29, 1.82) is 0 Å². The van der Waals surface area contributed by atoms with Crippen LogP contribution in [-0.4, -0.2) is 48.7 Å². The summed E-state index contributed by atoms with van der Waals surface area (Å²) < 4.78 is 5.30. The number of halogens is 1. The van der Waals surface area contributed by atoms with Gasteiger partial charge in [0.05, 0.1) is 18.7 Å². The van der Waals surface area contributed by atoms with Crippen LogP contribution in [-0.2, 0) is 6.54 Å². The Kier molecular flexibility index (Phi) is 6.70. The summed E-state index contributed by atoms with van der Waals surface area (Å²) in [6, 6.07) is 7.85. The lowest BCUT2D eigenvalue weighted by Gasteiger charge is -2.20. The molecule has 0 amide bonds. The molecule has 7 nitrogen and oxygen atoms in total. The van der Waals surface area contributed by atoms with Crippen molar-refractivity contribution in [2.75, 3.05) is 31.6 Å². The quantitative estimate of drug-likeness (QED) is 0.585. The Balaban J connectivity index is 1.64. The highest BCUT2D eigenvalue weighted by Gasteiger charge is 2.25. The zero-order chi connectivity index (χ0) is 19.1. The highest BCUT2D eigenvalue weighted by Crippen LogP contribution is 2.25. The van der Waals surface area contributed by atoms with Crippen molar-refractivity contribution >= 4 is 23.4 Å². The Hall–Kier alpha value is -2.54. The van der Waals surface area contributed by atoms with E-state index in [4.69, 9.17) is 16.3 Å². The van der Waals surface area contributed by atoms with Crippen LogP contribution < -0.4 is 20.3 Å². The second-order valence-electron chi connectivity index (χ2n) is 6.25.